The molecule has 0 aliphatic heterocycles. The van der Waals surface area contributed by atoms with E-state index in [9.17, 15) is 8.42 Å². The van der Waals surface area contributed by atoms with Crippen LogP contribution in [-0.2, 0) is 10.0 Å². The Bertz CT molecular complexity index is 262. The maximum atomic E-state index is 12.2. The molecule has 0 saturated carbocycles. The molecular weight excluding hydrogens is 210 g/mol. The molecule has 0 radical (unpaired) electrons. The minimum absolute atomic E-state index is 0.0901. The van der Waals surface area contributed by atoms with E-state index in [0.717, 1.165) is 12.8 Å². The van der Waals surface area contributed by atoms with Gasteiger partial charge in [-0.2, -0.15) is 4.31 Å². The molecule has 0 aromatic heterocycles. The van der Waals surface area contributed by atoms with Gasteiger partial charge in [0.15, 0.2) is 0 Å². The lowest BCUT2D eigenvalue weighted by molar-refractivity contribution is 0.260. The van der Waals surface area contributed by atoms with Gasteiger partial charge in [0.2, 0.25) is 10.0 Å². The van der Waals surface area contributed by atoms with Crippen molar-refractivity contribution in [1.29, 1.82) is 0 Å². The summed E-state index contributed by atoms with van der Waals surface area (Å²) >= 11 is 0. The van der Waals surface area contributed by atoms with Crippen LogP contribution in [0.2, 0.25) is 0 Å². The molecule has 0 aliphatic carbocycles. The summed E-state index contributed by atoms with van der Waals surface area (Å²) in [5, 5.41) is -0.333. The van der Waals surface area contributed by atoms with Crippen molar-refractivity contribution < 1.29 is 8.42 Å². The lowest BCUT2D eigenvalue weighted by Gasteiger charge is -2.34. The molecule has 4 heteroatoms. The van der Waals surface area contributed by atoms with E-state index in [4.69, 9.17) is 0 Å². The zero-order valence-corrected chi connectivity index (χ0v) is 11.6. The molecule has 0 heterocycles. The molecule has 0 spiro atoms. The third-order valence-electron chi connectivity index (χ3n) is 2.94. The maximum absolute atomic E-state index is 12.2. The Morgan fingerprint density at radius 3 is 1.47 bits per heavy atom. The Morgan fingerprint density at radius 2 is 1.27 bits per heavy atom. The van der Waals surface area contributed by atoms with Crippen molar-refractivity contribution >= 4 is 10.0 Å². The van der Waals surface area contributed by atoms with E-state index in [1.807, 2.05) is 27.7 Å². The molecule has 92 valence electrons. The van der Waals surface area contributed by atoms with Crippen LogP contribution < -0.4 is 0 Å². The van der Waals surface area contributed by atoms with Crippen LogP contribution in [-0.4, -0.2) is 30.1 Å². The lowest BCUT2D eigenvalue weighted by Crippen LogP contribution is -2.47. The van der Waals surface area contributed by atoms with Crippen LogP contribution in [0.15, 0.2) is 0 Å². The second-order valence-corrected chi connectivity index (χ2v) is 6.83. The van der Waals surface area contributed by atoms with Crippen molar-refractivity contribution in [3.8, 4) is 0 Å². The number of nitrogens with zero attached hydrogens (tertiary/aromatic N) is 1. The SMILES string of the molecule is CCC(C)N(C(C)CC)S(=O)(=O)C(C)C. The van der Waals surface area contributed by atoms with Crippen molar-refractivity contribution in [3.63, 3.8) is 0 Å². The van der Waals surface area contributed by atoms with E-state index in [1.165, 1.54) is 0 Å². The molecule has 2 unspecified atom stereocenters. The Hall–Kier alpha value is -0.0900. The molecule has 3 nitrogen and oxygen atoms in total. The van der Waals surface area contributed by atoms with E-state index in [0.29, 0.717) is 0 Å². The predicted octanol–water partition coefficient (Wildman–Crippen LogP) is 2.62. The number of hydrogen-bond donors (Lipinski definition) is 0. The summed E-state index contributed by atoms with van der Waals surface area (Å²) in [6.45, 7) is 11.5. The second-order valence-electron chi connectivity index (χ2n) is 4.44. The first-order chi connectivity index (χ1) is 6.78. The summed E-state index contributed by atoms with van der Waals surface area (Å²) in [7, 11) is -3.13. The van der Waals surface area contributed by atoms with E-state index in [2.05, 4.69) is 0 Å². The third-order valence-corrected chi connectivity index (χ3v) is 5.44. The summed E-state index contributed by atoms with van der Waals surface area (Å²) in [5.74, 6) is 0. The smallest absolute Gasteiger partial charge is 0.212 e. The van der Waals surface area contributed by atoms with Crippen LogP contribution in [0.4, 0.5) is 0 Å². The van der Waals surface area contributed by atoms with Crippen molar-refractivity contribution in [2.24, 2.45) is 0 Å². The van der Waals surface area contributed by atoms with Crippen molar-refractivity contribution in [2.45, 2.75) is 71.7 Å². The molecule has 0 aromatic carbocycles. The highest BCUT2D eigenvalue weighted by Crippen LogP contribution is 2.20. The standard InChI is InChI=1S/C11H25NO2S/c1-7-10(5)12(11(6)8-2)15(13,14)9(3)4/h9-11H,7-8H2,1-6H3. The van der Waals surface area contributed by atoms with E-state index in [-0.39, 0.29) is 17.3 Å². The molecule has 0 saturated heterocycles. The lowest BCUT2D eigenvalue weighted by atomic mass is 10.2. The van der Waals surface area contributed by atoms with Crippen LogP contribution in [0.25, 0.3) is 0 Å². The Morgan fingerprint density at radius 1 is 0.933 bits per heavy atom. The number of hydrogen-bond acceptors (Lipinski definition) is 2. The molecule has 0 aliphatic rings. The average Bonchev–Trinajstić information content (AvgIpc) is 2.16. The largest absolute Gasteiger partial charge is 0.216 e. The van der Waals surface area contributed by atoms with E-state index < -0.39 is 10.0 Å². The van der Waals surface area contributed by atoms with Gasteiger partial charge in [0, 0.05) is 12.1 Å². The van der Waals surface area contributed by atoms with E-state index >= 15 is 0 Å². The fraction of sp³-hybridized carbons (Fsp3) is 1.00. The number of rotatable bonds is 6. The van der Waals surface area contributed by atoms with Gasteiger partial charge in [0.25, 0.3) is 0 Å². The fourth-order valence-corrected chi connectivity index (χ4v) is 3.33. The topological polar surface area (TPSA) is 37.4 Å². The molecule has 15 heavy (non-hydrogen) atoms. The highest BCUT2D eigenvalue weighted by atomic mass is 32.2. The highest BCUT2D eigenvalue weighted by Gasteiger charge is 2.32. The van der Waals surface area contributed by atoms with Gasteiger partial charge in [-0.3, -0.25) is 0 Å². The zero-order valence-electron chi connectivity index (χ0n) is 10.8. The summed E-state index contributed by atoms with van der Waals surface area (Å²) in [4.78, 5) is 0. The van der Waals surface area contributed by atoms with Gasteiger partial charge in [-0.1, -0.05) is 13.8 Å². The summed E-state index contributed by atoms with van der Waals surface area (Å²) in [6.07, 6.45) is 1.71. The summed E-state index contributed by atoms with van der Waals surface area (Å²) in [5.41, 5.74) is 0. The van der Waals surface area contributed by atoms with Gasteiger partial charge in [0.05, 0.1) is 5.25 Å². The predicted molar refractivity (Wildman–Crippen MR) is 65.4 cm³/mol. The van der Waals surface area contributed by atoms with Gasteiger partial charge >= 0.3 is 0 Å². The van der Waals surface area contributed by atoms with Gasteiger partial charge in [-0.15, -0.1) is 0 Å². The quantitative estimate of drug-likeness (QED) is 0.709. The maximum Gasteiger partial charge on any atom is 0.216 e. The van der Waals surface area contributed by atoms with Crippen LogP contribution in [0.5, 0.6) is 0 Å². The van der Waals surface area contributed by atoms with Crippen molar-refractivity contribution in [3.05, 3.63) is 0 Å². The molecule has 0 N–H and O–H groups in total. The molecule has 0 amide bonds. The van der Waals surface area contributed by atoms with Crippen LogP contribution in [0.1, 0.15) is 54.4 Å². The van der Waals surface area contributed by atoms with Gasteiger partial charge in [0.1, 0.15) is 0 Å². The third kappa shape index (κ3) is 3.45. The minimum Gasteiger partial charge on any atom is -0.212 e. The summed E-state index contributed by atoms with van der Waals surface area (Å²) in [6, 6.07) is 0.180. The molecule has 2 atom stereocenters. The first-order valence-corrected chi connectivity index (χ1v) is 7.31. The first kappa shape index (κ1) is 14.9. The zero-order chi connectivity index (χ0) is 12.2. The van der Waals surface area contributed by atoms with Crippen LogP contribution in [0, 0.1) is 0 Å². The normalized spacial score (nSPS) is 17.1. The Labute approximate surface area is 94.9 Å². The second kappa shape index (κ2) is 5.85. The minimum atomic E-state index is -3.13. The van der Waals surface area contributed by atoms with Crippen molar-refractivity contribution in [1.82, 2.24) is 4.31 Å². The van der Waals surface area contributed by atoms with E-state index in [1.54, 1.807) is 18.2 Å². The van der Waals surface area contributed by atoms with Gasteiger partial charge in [-0.05, 0) is 40.5 Å². The van der Waals surface area contributed by atoms with Gasteiger partial charge in [-0.25, -0.2) is 8.42 Å². The fourth-order valence-electron chi connectivity index (χ4n) is 1.54. The Kier molecular flexibility index (Phi) is 5.81. The molecule has 0 aromatic rings. The van der Waals surface area contributed by atoms with Crippen molar-refractivity contribution in [2.75, 3.05) is 0 Å². The average molecular weight is 235 g/mol. The summed E-state index contributed by atoms with van der Waals surface area (Å²) < 4.78 is 26.0. The van der Waals surface area contributed by atoms with Gasteiger partial charge < -0.3 is 0 Å². The monoisotopic (exact) mass is 235 g/mol. The molecule has 0 rings (SSSR count). The number of sulfonamides is 1. The van der Waals surface area contributed by atoms with Crippen LogP contribution >= 0.6 is 0 Å². The molecule has 0 fully saturated rings. The molecular formula is C11H25NO2S. The Balaban J connectivity index is 5.11. The molecule has 0 bridgehead atoms. The highest BCUT2D eigenvalue weighted by molar-refractivity contribution is 7.89. The first-order valence-electron chi connectivity index (χ1n) is 5.81. The van der Waals surface area contributed by atoms with Crippen LogP contribution in [0.3, 0.4) is 0 Å².